The largest absolute Gasteiger partial charge is 0.493 e. The van der Waals surface area contributed by atoms with E-state index in [9.17, 15) is 4.79 Å². The lowest BCUT2D eigenvalue weighted by molar-refractivity contribution is -0.0821. The molecule has 7 nitrogen and oxygen atoms in total. The third-order valence-electron chi connectivity index (χ3n) is 6.40. The highest BCUT2D eigenvalue weighted by atomic mass is 35.5. The zero-order valence-electron chi connectivity index (χ0n) is 21.7. The molecule has 1 N–H and O–H groups in total. The molecular formula is C26H40ClN3O4S. The maximum atomic E-state index is 12.8. The number of halogens is 1. The fourth-order valence-corrected chi connectivity index (χ4v) is 5.16. The van der Waals surface area contributed by atoms with E-state index in [2.05, 4.69) is 29.0 Å². The lowest BCUT2D eigenvalue weighted by Gasteiger charge is -2.33. The molecule has 35 heavy (non-hydrogen) atoms. The molecule has 0 spiro atoms. The second-order valence-electron chi connectivity index (χ2n) is 8.86. The third kappa shape index (κ3) is 7.82. The van der Waals surface area contributed by atoms with E-state index in [1.807, 2.05) is 51.4 Å². The molecule has 2 heterocycles. The first kappa shape index (κ1) is 29.4. The van der Waals surface area contributed by atoms with Gasteiger partial charge in [0.1, 0.15) is 12.5 Å². The molecule has 9 heteroatoms. The Balaban J connectivity index is 0.00000432. The summed E-state index contributed by atoms with van der Waals surface area (Å²) in [6.45, 7) is 9.54. The molecule has 3 rings (SSSR count). The van der Waals surface area contributed by atoms with Crippen LogP contribution < -0.4 is 14.8 Å². The van der Waals surface area contributed by atoms with Crippen LogP contribution in [-0.2, 0) is 4.74 Å². The predicted molar refractivity (Wildman–Crippen MR) is 145 cm³/mol. The average Bonchev–Trinajstić information content (AvgIpc) is 3.34. The molecule has 3 atom stereocenters. The van der Waals surface area contributed by atoms with E-state index in [1.54, 1.807) is 7.11 Å². The number of rotatable bonds is 11. The topological polar surface area (TPSA) is 63.3 Å². The fraction of sp³-hybridized carbons (Fsp3) is 0.577. The third-order valence-corrected chi connectivity index (χ3v) is 7.53. The molecule has 196 valence electrons. The van der Waals surface area contributed by atoms with Gasteiger partial charge >= 0.3 is 0 Å². The van der Waals surface area contributed by atoms with Crippen LogP contribution in [-0.4, -0.2) is 75.6 Å². The normalized spacial score (nSPS) is 18.7. The second-order valence-corrected chi connectivity index (χ2v) is 9.94. The number of carbonyl (C=O) groups is 1. The second kappa shape index (κ2) is 14.0. The van der Waals surface area contributed by atoms with Gasteiger partial charge in [0.05, 0.1) is 12.0 Å². The minimum Gasteiger partial charge on any atom is -0.493 e. The van der Waals surface area contributed by atoms with E-state index in [0.29, 0.717) is 28.8 Å². The Morgan fingerprint density at radius 1 is 1.20 bits per heavy atom. The standard InChI is InChI=1S/C26H39N3O4S.ClH/c1-7-29(8-2)18(3)33-21-10-9-20(16-22(21)31-6)23-11-12-24(34-23)26(30)27-17-19-13-14-32-25(15-19)28(4)5;/h9-12,16,18-19,25H,7-8,13-15,17H2,1-6H3,(H,27,30);1H. The van der Waals surface area contributed by atoms with Gasteiger partial charge in [-0.15, -0.1) is 23.7 Å². The quantitative estimate of drug-likeness (QED) is 0.418. The molecule has 1 aromatic heterocycles. The number of benzene rings is 1. The molecule has 1 saturated heterocycles. The summed E-state index contributed by atoms with van der Waals surface area (Å²) in [4.78, 5) is 18.8. The predicted octanol–water partition coefficient (Wildman–Crippen LogP) is 4.96. The average molecular weight is 526 g/mol. The van der Waals surface area contributed by atoms with Gasteiger partial charge in [0.15, 0.2) is 11.5 Å². The van der Waals surface area contributed by atoms with Gasteiger partial charge in [0, 0.05) is 18.0 Å². The first-order valence-corrected chi connectivity index (χ1v) is 12.9. The van der Waals surface area contributed by atoms with E-state index in [0.717, 1.165) is 43.0 Å². The van der Waals surface area contributed by atoms with E-state index in [-0.39, 0.29) is 30.8 Å². The number of hydrogen-bond acceptors (Lipinski definition) is 7. The van der Waals surface area contributed by atoms with Crippen LogP contribution in [0.3, 0.4) is 0 Å². The van der Waals surface area contributed by atoms with Crippen LogP contribution in [0.5, 0.6) is 11.5 Å². The van der Waals surface area contributed by atoms with Gasteiger partial charge in [0.25, 0.3) is 5.91 Å². The summed E-state index contributed by atoms with van der Waals surface area (Å²) in [5, 5.41) is 3.12. The number of nitrogens with one attached hydrogen (secondary N) is 1. The van der Waals surface area contributed by atoms with Gasteiger partial charge in [-0.1, -0.05) is 13.8 Å². The van der Waals surface area contributed by atoms with E-state index in [1.165, 1.54) is 11.3 Å². The van der Waals surface area contributed by atoms with Crippen LogP contribution in [0.25, 0.3) is 10.4 Å². The summed E-state index contributed by atoms with van der Waals surface area (Å²) >= 11 is 1.49. The number of thiophene rings is 1. The summed E-state index contributed by atoms with van der Waals surface area (Å²) in [6.07, 6.45) is 1.99. The molecule has 1 aliphatic heterocycles. The molecule has 0 bridgehead atoms. The molecule has 0 radical (unpaired) electrons. The number of amides is 1. The van der Waals surface area contributed by atoms with Crippen molar-refractivity contribution in [2.24, 2.45) is 5.92 Å². The number of ether oxygens (including phenoxy) is 3. The van der Waals surface area contributed by atoms with Gasteiger partial charge in [-0.25, -0.2) is 0 Å². The van der Waals surface area contributed by atoms with Crippen LogP contribution in [0.15, 0.2) is 30.3 Å². The summed E-state index contributed by atoms with van der Waals surface area (Å²) in [5.74, 6) is 1.81. The number of hydrogen-bond donors (Lipinski definition) is 1. The van der Waals surface area contributed by atoms with Crippen LogP contribution in [0.1, 0.15) is 43.3 Å². The van der Waals surface area contributed by atoms with E-state index >= 15 is 0 Å². The Hall–Kier alpha value is -1.84. The zero-order chi connectivity index (χ0) is 24.7. The van der Waals surface area contributed by atoms with E-state index < -0.39 is 0 Å². The monoisotopic (exact) mass is 525 g/mol. The molecule has 1 aromatic carbocycles. The molecular weight excluding hydrogens is 486 g/mol. The van der Waals surface area contributed by atoms with E-state index in [4.69, 9.17) is 14.2 Å². The lowest BCUT2D eigenvalue weighted by Crippen LogP contribution is -2.40. The first-order valence-electron chi connectivity index (χ1n) is 12.1. The molecule has 1 aliphatic rings. The Morgan fingerprint density at radius 2 is 1.94 bits per heavy atom. The van der Waals surface area contributed by atoms with Gasteiger partial charge < -0.3 is 19.5 Å². The van der Waals surface area contributed by atoms with Crippen molar-refractivity contribution in [3.8, 4) is 21.9 Å². The Morgan fingerprint density at radius 3 is 2.60 bits per heavy atom. The fourth-order valence-electron chi connectivity index (χ4n) is 4.24. The number of methoxy groups -OCH3 is 1. The van der Waals surface area contributed by atoms with Gasteiger partial charge in [-0.2, -0.15) is 0 Å². The molecule has 2 aromatic rings. The van der Waals surface area contributed by atoms with Crippen molar-refractivity contribution < 1.29 is 19.0 Å². The van der Waals surface area contributed by atoms with Crippen LogP contribution >= 0.6 is 23.7 Å². The first-order chi connectivity index (χ1) is 16.4. The summed E-state index contributed by atoms with van der Waals surface area (Å²) in [5.41, 5.74) is 1.00. The van der Waals surface area contributed by atoms with Crippen molar-refractivity contribution >= 4 is 29.7 Å². The van der Waals surface area contributed by atoms with Gasteiger partial charge in [-0.3, -0.25) is 14.6 Å². The summed E-state index contributed by atoms with van der Waals surface area (Å²) < 4.78 is 17.5. The van der Waals surface area contributed by atoms with Crippen molar-refractivity contribution in [2.75, 3.05) is 47.4 Å². The molecule has 1 fully saturated rings. The molecule has 1 amide bonds. The SMILES string of the molecule is CCN(CC)C(C)Oc1ccc(-c2ccc(C(=O)NCC3CCOC(N(C)C)C3)s2)cc1OC.Cl. The van der Waals surface area contributed by atoms with Crippen molar-refractivity contribution in [1.82, 2.24) is 15.1 Å². The van der Waals surface area contributed by atoms with Crippen molar-refractivity contribution in [3.05, 3.63) is 35.2 Å². The molecule has 0 saturated carbocycles. The van der Waals surface area contributed by atoms with Crippen LogP contribution in [0, 0.1) is 5.92 Å². The Labute approximate surface area is 220 Å². The van der Waals surface area contributed by atoms with Gasteiger partial charge in [0.2, 0.25) is 0 Å². The summed E-state index contributed by atoms with van der Waals surface area (Å²) in [6, 6.07) is 9.82. The van der Waals surface area contributed by atoms with Crippen LogP contribution in [0.4, 0.5) is 0 Å². The maximum Gasteiger partial charge on any atom is 0.261 e. The van der Waals surface area contributed by atoms with Gasteiger partial charge in [-0.05, 0) is 88.8 Å². The highest BCUT2D eigenvalue weighted by molar-refractivity contribution is 7.17. The van der Waals surface area contributed by atoms with Crippen LogP contribution in [0.2, 0.25) is 0 Å². The van der Waals surface area contributed by atoms with Crippen molar-refractivity contribution in [2.45, 2.75) is 46.1 Å². The van der Waals surface area contributed by atoms with Crippen molar-refractivity contribution in [3.63, 3.8) is 0 Å². The summed E-state index contributed by atoms with van der Waals surface area (Å²) in [7, 11) is 5.70. The Kier molecular flexibility index (Phi) is 11.8. The lowest BCUT2D eigenvalue weighted by atomic mass is 9.98. The van der Waals surface area contributed by atoms with Crippen molar-refractivity contribution in [1.29, 1.82) is 0 Å². The Bertz CT molecular complexity index is 935. The highest BCUT2D eigenvalue weighted by Crippen LogP contribution is 2.36. The number of carbonyl (C=O) groups excluding carboxylic acids is 1. The zero-order valence-corrected chi connectivity index (χ0v) is 23.3. The molecule has 0 aliphatic carbocycles. The highest BCUT2D eigenvalue weighted by Gasteiger charge is 2.24. The smallest absolute Gasteiger partial charge is 0.261 e. The minimum atomic E-state index is -0.0458. The minimum absolute atomic E-state index is 0. The number of nitrogens with zero attached hydrogens (tertiary/aromatic N) is 2. The molecule has 3 unspecified atom stereocenters. The maximum absolute atomic E-state index is 12.8.